The first-order valence-electron chi connectivity index (χ1n) is 9.07. The van der Waals surface area contributed by atoms with Crippen LogP contribution in [0.3, 0.4) is 0 Å². The number of nitrogens with zero attached hydrogens (tertiary/aromatic N) is 3. The number of aryl methyl sites for hydroxylation is 1. The summed E-state index contributed by atoms with van der Waals surface area (Å²) in [6.07, 6.45) is 2.67. The Balaban J connectivity index is 1.57. The average Bonchev–Trinajstić information content (AvgIpc) is 2.70. The van der Waals surface area contributed by atoms with Gasteiger partial charge in [-0.2, -0.15) is 5.10 Å². The Hall–Kier alpha value is -3.61. The molecule has 7 heteroatoms. The number of hydrogen-bond donors (Lipinski definition) is 3. The summed E-state index contributed by atoms with van der Waals surface area (Å²) in [5.41, 5.74) is 4.49. The topological polar surface area (TPSA) is 82.2 Å². The van der Waals surface area contributed by atoms with E-state index in [-0.39, 0.29) is 6.03 Å². The summed E-state index contributed by atoms with van der Waals surface area (Å²) in [6, 6.07) is 16.8. The molecule has 3 aromatic rings. The van der Waals surface area contributed by atoms with Gasteiger partial charge < -0.3 is 20.9 Å². The molecule has 0 atom stereocenters. The van der Waals surface area contributed by atoms with E-state index in [1.807, 2.05) is 73.6 Å². The molecule has 0 spiro atoms. The Morgan fingerprint density at radius 3 is 2.07 bits per heavy atom. The standard InChI is InChI=1S/C21H24N6O/c1-4-15-5-7-17(8-6-15)24-21(28)25-18-11-9-16(10-12-18)23-20-13-19(27(2)3)14-22-26-20/h5-14H,4H2,1-3H3,(H,23,26)(H2,24,25,28). The number of rotatable bonds is 6. The summed E-state index contributed by atoms with van der Waals surface area (Å²) in [5, 5.41) is 16.9. The van der Waals surface area contributed by atoms with Gasteiger partial charge in [-0.3, -0.25) is 0 Å². The Morgan fingerprint density at radius 1 is 0.929 bits per heavy atom. The minimum atomic E-state index is -0.283. The van der Waals surface area contributed by atoms with Crippen molar-refractivity contribution in [3.63, 3.8) is 0 Å². The number of amides is 2. The van der Waals surface area contributed by atoms with Crippen LogP contribution in [-0.2, 0) is 6.42 Å². The fourth-order valence-electron chi connectivity index (χ4n) is 2.56. The highest BCUT2D eigenvalue weighted by molar-refractivity contribution is 5.99. The second kappa shape index (κ2) is 8.85. The molecule has 28 heavy (non-hydrogen) atoms. The van der Waals surface area contributed by atoms with Crippen LogP contribution < -0.4 is 20.9 Å². The number of urea groups is 1. The van der Waals surface area contributed by atoms with E-state index in [2.05, 4.69) is 33.1 Å². The summed E-state index contributed by atoms with van der Waals surface area (Å²) in [4.78, 5) is 14.1. The minimum absolute atomic E-state index is 0.283. The maximum atomic E-state index is 12.2. The van der Waals surface area contributed by atoms with Crippen molar-refractivity contribution in [2.45, 2.75) is 13.3 Å². The van der Waals surface area contributed by atoms with Gasteiger partial charge in [-0.1, -0.05) is 19.1 Å². The quantitative estimate of drug-likeness (QED) is 0.590. The molecule has 0 aliphatic rings. The van der Waals surface area contributed by atoms with Gasteiger partial charge in [-0.05, 0) is 48.4 Å². The van der Waals surface area contributed by atoms with Crippen molar-refractivity contribution < 1.29 is 4.79 Å². The van der Waals surface area contributed by atoms with Crippen LogP contribution >= 0.6 is 0 Å². The zero-order valence-electron chi connectivity index (χ0n) is 16.2. The van der Waals surface area contributed by atoms with Crippen LogP contribution in [0.15, 0.2) is 60.8 Å². The first kappa shape index (κ1) is 19.2. The van der Waals surface area contributed by atoms with E-state index in [0.29, 0.717) is 11.5 Å². The van der Waals surface area contributed by atoms with Gasteiger partial charge in [-0.25, -0.2) is 4.79 Å². The second-order valence-electron chi connectivity index (χ2n) is 6.53. The third-order valence-corrected chi connectivity index (χ3v) is 4.19. The summed E-state index contributed by atoms with van der Waals surface area (Å²) >= 11 is 0. The molecule has 0 aliphatic carbocycles. The van der Waals surface area contributed by atoms with Crippen LogP contribution in [0.4, 0.5) is 33.4 Å². The molecule has 7 nitrogen and oxygen atoms in total. The van der Waals surface area contributed by atoms with E-state index in [9.17, 15) is 4.79 Å². The molecule has 144 valence electrons. The lowest BCUT2D eigenvalue weighted by Crippen LogP contribution is -2.19. The Morgan fingerprint density at radius 2 is 1.50 bits per heavy atom. The first-order valence-corrected chi connectivity index (χ1v) is 9.07. The molecule has 1 heterocycles. The molecule has 1 aromatic heterocycles. The summed E-state index contributed by atoms with van der Waals surface area (Å²) in [5.74, 6) is 0.653. The highest BCUT2D eigenvalue weighted by Gasteiger charge is 2.04. The molecule has 0 unspecified atom stereocenters. The molecule has 0 fully saturated rings. The summed E-state index contributed by atoms with van der Waals surface area (Å²) < 4.78 is 0. The lowest BCUT2D eigenvalue weighted by atomic mass is 10.1. The highest BCUT2D eigenvalue weighted by atomic mass is 16.2. The van der Waals surface area contributed by atoms with Gasteiger partial charge in [-0.15, -0.1) is 5.10 Å². The number of hydrogen-bond acceptors (Lipinski definition) is 5. The SMILES string of the molecule is CCc1ccc(NC(=O)Nc2ccc(Nc3cc(N(C)C)cnn3)cc2)cc1. The van der Waals surface area contributed by atoms with E-state index in [4.69, 9.17) is 0 Å². The Labute approximate surface area is 164 Å². The summed E-state index contributed by atoms with van der Waals surface area (Å²) in [7, 11) is 3.90. The van der Waals surface area contributed by atoms with Crippen molar-refractivity contribution in [1.82, 2.24) is 10.2 Å². The summed E-state index contributed by atoms with van der Waals surface area (Å²) in [6.45, 7) is 2.10. The maximum Gasteiger partial charge on any atom is 0.323 e. The van der Waals surface area contributed by atoms with Crippen molar-refractivity contribution in [2.75, 3.05) is 34.9 Å². The molecule has 2 amide bonds. The molecule has 0 radical (unpaired) electrons. The molecular formula is C21H24N6O. The molecule has 0 aliphatic heterocycles. The molecular weight excluding hydrogens is 352 g/mol. The van der Waals surface area contributed by atoms with Gasteiger partial charge in [0.15, 0.2) is 5.82 Å². The van der Waals surface area contributed by atoms with Crippen molar-refractivity contribution >= 4 is 34.6 Å². The van der Waals surface area contributed by atoms with E-state index in [1.165, 1.54) is 5.56 Å². The third-order valence-electron chi connectivity index (χ3n) is 4.19. The van der Waals surface area contributed by atoms with E-state index in [1.54, 1.807) is 6.20 Å². The predicted octanol–water partition coefficient (Wildman–Crippen LogP) is 4.49. The maximum absolute atomic E-state index is 12.2. The van der Waals surface area contributed by atoms with Gasteiger partial charge in [0.05, 0.1) is 11.9 Å². The van der Waals surface area contributed by atoms with Crippen LogP contribution in [0.1, 0.15) is 12.5 Å². The van der Waals surface area contributed by atoms with Gasteiger partial charge in [0.25, 0.3) is 0 Å². The minimum Gasteiger partial charge on any atom is -0.376 e. The highest BCUT2D eigenvalue weighted by Crippen LogP contribution is 2.20. The van der Waals surface area contributed by atoms with Crippen molar-refractivity contribution in [2.24, 2.45) is 0 Å². The van der Waals surface area contributed by atoms with Crippen LogP contribution in [-0.4, -0.2) is 30.3 Å². The van der Waals surface area contributed by atoms with Crippen LogP contribution in [0.5, 0.6) is 0 Å². The number of carbonyl (C=O) groups excluding carboxylic acids is 1. The molecule has 0 saturated heterocycles. The lowest BCUT2D eigenvalue weighted by Gasteiger charge is -2.13. The van der Waals surface area contributed by atoms with Gasteiger partial charge >= 0.3 is 6.03 Å². The molecule has 0 bridgehead atoms. The first-order chi connectivity index (χ1) is 13.5. The zero-order chi connectivity index (χ0) is 19.9. The largest absolute Gasteiger partial charge is 0.376 e. The smallest absolute Gasteiger partial charge is 0.323 e. The molecule has 0 saturated carbocycles. The number of anilines is 5. The van der Waals surface area contributed by atoms with Crippen LogP contribution in [0.2, 0.25) is 0 Å². The number of carbonyl (C=O) groups is 1. The zero-order valence-corrected chi connectivity index (χ0v) is 16.2. The lowest BCUT2D eigenvalue weighted by molar-refractivity contribution is 0.262. The fraction of sp³-hybridized carbons (Fsp3) is 0.190. The Kier molecular flexibility index (Phi) is 6.06. The Bertz CT molecular complexity index is 922. The van der Waals surface area contributed by atoms with Crippen LogP contribution in [0.25, 0.3) is 0 Å². The molecule has 3 rings (SSSR count). The second-order valence-corrected chi connectivity index (χ2v) is 6.53. The van der Waals surface area contributed by atoms with Crippen LogP contribution in [0, 0.1) is 0 Å². The number of benzene rings is 2. The number of aromatic nitrogens is 2. The van der Waals surface area contributed by atoms with Gasteiger partial charge in [0, 0.05) is 37.2 Å². The molecule has 2 aromatic carbocycles. The van der Waals surface area contributed by atoms with Crippen molar-refractivity contribution in [1.29, 1.82) is 0 Å². The number of nitrogens with one attached hydrogen (secondary N) is 3. The average molecular weight is 376 g/mol. The van der Waals surface area contributed by atoms with Gasteiger partial charge in [0.2, 0.25) is 0 Å². The van der Waals surface area contributed by atoms with Gasteiger partial charge in [0.1, 0.15) is 0 Å². The van der Waals surface area contributed by atoms with E-state index < -0.39 is 0 Å². The van der Waals surface area contributed by atoms with E-state index >= 15 is 0 Å². The normalized spacial score (nSPS) is 10.2. The van der Waals surface area contributed by atoms with E-state index in [0.717, 1.165) is 23.5 Å². The monoisotopic (exact) mass is 376 g/mol. The fourth-order valence-corrected chi connectivity index (χ4v) is 2.56. The van der Waals surface area contributed by atoms with Crippen molar-refractivity contribution in [3.05, 3.63) is 66.4 Å². The molecule has 3 N–H and O–H groups in total. The third kappa shape index (κ3) is 5.20. The predicted molar refractivity (Wildman–Crippen MR) is 115 cm³/mol. The van der Waals surface area contributed by atoms with Crippen molar-refractivity contribution in [3.8, 4) is 0 Å².